The van der Waals surface area contributed by atoms with Crippen molar-refractivity contribution < 1.29 is 14.3 Å². The molecule has 122 valence electrons. The van der Waals surface area contributed by atoms with Gasteiger partial charge in [0.25, 0.3) is 0 Å². The molecule has 0 radical (unpaired) electrons. The first-order valence-corrected chi connectivity index (χ1v) is 7.91. The summed E-state index contributed by atoms with van der Waals surface area (Å²) in [6, 6.07) is 3.90. The molecule has 0 unspecified atom stereocenters. The zero-order chi connectivity index (χ0) is 16.1. The lowest BCUT2D eigenvalue weighted by Crippen LogP contribution is -2.39. The van der Waals surface area contributed by atoms with Crippen LogP contribution in [0.3, 0.4) is 0 Å². The molecule has 1 amide bonds. The average molecular weight is 327 g/mol. The van der Waals surface area contributed by atoms with Crippen molar-refractivity contribution in [1.82, 2.24) is 10.2 Å². The number of hydrogen-bond acceptors (Lipinski definition) is 4. The third-order valence-electron chi connectivity index (χ3n) is 3.41. The van der Waals surface area contributed by atoms with Crippen molar-refractivity contribution in [3.05, 3.63) is 28.3 Å². The van der Waals surface area contributed by atoms with Gasteiger partial charge >= 0.3 is 0 Å². The predicted molar refractivity (Wildman–Crippen MR) is 86.0 cm³/mol. The Kier molecular flexibility index (Phi) is 6.06. The number of benzene rings is 1. The Balaban J connectivity index is 2.10. The lowest BCUT2D eigenvalue weighted by Gasteiger charge is -2.25. The molecular formula is C16H23ClN2O3. The summed E-state index contributed by atoms with van der Waals surface area (Å²) in [6.45, 7) is 8.43. The molecule has 0 aromatic heterocycles. The minimum Gasteiger partial charge on any atom is -0.467 e. The van der Waals surface area contributed by atoms with Gasteiger partial charge in [0.05, 0.1) is 13.2 Å². The molecule has 1 aliphatic heterocycles. The van der Waals surface area contributed by atoms with E-state index in [-0.39, 0.29) is 18.7 Å². The van der Waals surface area contributed by atoms with E-state index in [9.17, 15) is 4.79 Å². The fraction of sp³-hybridized carbons (Fsp3) is 0.562. The third-order valence-corrected chi connectivity index (χ3v) is 3.63. The van der Waals surface area contributed by atoms with Crippen LogP contribution in [0.1, 0.15) is 31.9 Å². The van der Waals surface area contributed by atoms with Gasteiger partial charge in [-0.1, -0.05) is 18.5 Å². The fourth-order valence-electron chi connectivity index (χ4n) is 2.47. The molecule has 0 saturated heterocycles. The lowest BCUT2D eigenvalue weighted by molar-refractivity contribution is -0.122. The quantitative estimate of drug-likeness (QED) is 0.873. The minimum absolute atomic E-state index is 0.0250. The summed E-state index contributed by atoms with van der Waals surface area (Å²) >= 11 is 6.17. The van der Waals surface area contributed by atoms with Crippen LogP contribution in [-0.2, 0) is 22.7 Å². The standard InChI is InChI=1S/C16H23ClN2O3/c1-4-19(8-15(20)18-11(2)3)7-12-5-14(17)6-13-9-21-10-22-16(12)13/h5-6,11H,4,7-10H2,1-3H3,(H,18,20). The highest BCUT2D eigenvalue weighted by Gasteiger charge is 2.19. The van der Waals surface area contributed by atoms with Crippen LogP contribution in [0.2, 0.25) is 5.02 Å². The molecule has 0 atom stereocenters. The number of carbonyl (C=O) groups excluding carboxylic acids is 1. The topological polar surface area (TPSA) is 50.8 Å². The fourth-order valence-corrected chi connectivity index (χ4v) is 2.73. The molecule has 0 aliphatic carbocycles. The molecule has 0 bridgehead atoms. The first kappa shape index (κ1) is 17.1. The van der Waals surface area contributed by atoms with Crippen LogP contribution >= 0.6 is 11.6 Å². The predicted octanol–water partition coefficient (Wildman–Crippen LogP) is 2.55. The Morgan fingerprint density at radius 1 is 1.45 bits per heavy atom. The van der Waals surface area contributed by atoms with E-state index in [0.717, 1.165) is 23.4 Å². The van der Waals surface area contributed by atoms with Crippen LogP contribution in [-0.4, -0.2) is 36.7 Å². The molecule has 22 heavy (non-hydrogen) atoms. The summed E-state index contributed by atoms with van der Waals surface area (Å²) in [5.74, 6) is 0.857. The summed E-state index contributed by atoms with van der Waals surface area (Å²) in [6.07, 6.45) is 0. The molecule has 1 aliphatic rings. The smallest absolute Gasteiger partial charge is 0.234 e. The third kappa shape index (κ3) is 4.60. The van der Waals surface area contributed by atoms with E-state index in [1.54, 1.807) is 0 Å². The number of ether oxygens (including phenoxy) is 2. The number of fused-ring (bicyclic) bond motifs is 1. The number of amides is 1. The van der Waals surface area contributed by atoms with Crippen LogP contribution < -0.4 is 10.1 Å². The van der Waals surface area contributed by atoms with Crippen LogP contribution in [0.15, 0.2) is 12.1 Å². The van der Waals surface area contributed by atoms with Gasteiger partial charge < -0.3 is 14.8 Å². The number of nitrogens with one attached hydrogen (secondary N) is 1. The second-order valence-corrected chi connectivity index (χ2v) is 6.13. The van der Waals surface area contributed by atoms with Crippen molar-refractivity contribution in [3.63, 3.8) is 0 Å². The minimum atomic E-state index is 0.0250. The number of halogens is 1. The Labute approximate surface area is 136 Å². The molecule has 0 fully saturated rings. The van der Waals surface area contributed by atoms with Crippen molar-refractivity contribution in [2.24, 2.45) is 0 Å². The highest BCUT2D eigenvalue weighted by Crippen LogP contribution is 2.32. The molecule has 6 heteroatoms. The number of rotatable bonds is 6. The SMILES string of the molecule is CCN(CC(=O)NC(C)C)Cc1cc(Cl)cc2c1OCOC2. The van der Waals surface area contributed by atoms with E-state index in [0.29, 0.717) is 24.7 Å². The van der Waals surface area contributed by atoms with E-state index >= 15 is 0 Å². The highest BCUT2D eigenvalue weighted by atomic mass is 35.5. The lowest BCUT2D eigenvalue weighted by atomic mass is 10.1. The molecule has 1 N–H and O–H groups in total. The molecule has 1 heterocycles. The van der Waals surface area contributed by atoms with Crippen LogP contribution in [0.5, 0.6) is 5.75 Å². The van der Waals surface area contributed by atoms with Crippen LogP contribution in [0.4, 0.5) is 0 Å². The van der Waals surface area contributed by atoms with E-state index in [2.05, 4.69) is 10.2 Å². The maximum atomic E-state index is 11.9. The largest absolute Gasteiger partial charge is 0.467 e. The van der Waals surface area contributed by atoms with Crippen molar-refractivity contribution in [1.29, 1.82) is 0 Å². The van der Waals surface area contributed by atoms with Crippen LogP contribution in [0, 0.1) is 0 Å². The van der Waals surface area contributed by atoms with Gasteiger partial charge in [-0.3, -0.25) is 9.69 Å². The maximum Gasteiger partial charge on any atom is 0.234 e. The maximum absolute atomic E-state index is 11.9. The number of hydrogen-bond donors (Lipinski definition) is 1. The molecule has 5 nitrogen and oxygen atoms in total. The number of nitrogens with zero attached hydrogens (tertiary/aromatic N) is 1. The summed E-state index contributed by atoms with van der Waals surface area (Å²) in [7, 11) is 0. The van der Waals surface area contributed by atoms with Gasteiger partial charge in [0.1, 0.15) is 5.75 Å². The van der Waals surface area contributed by atoms with Crippen molar-refractivity contribution in [2.75, 3.05) is 19.9 Å². The Morgan fingerprint density at radius 3 is 2.91 bits per heavy atom. The van der Waals surface area contributed by atoms with Gasteiger partial charge in [-0.05, 0) is 32.5 Å². The zero-order valence-corrected chi connectivity index (χ0v) is 14.1. The number of carbonyl (C=O) groups is 1. The van der Waals surface area contributed by atoms with Crippen molar-refractivity contribution in [2.45, 2.75) is 40.0 Å². The molecule has 0 spiro atoms. The van der Waals surface area contributed by atoms with Gasteiger partial charge in [0, 0.05) is 28.7 Å². The van der Waals surface area contributed by atoms with E-state index in [1.165, 1.54) is 0 Å². The second kappa shape index (κ2) is 7.81. The van der Waals surface area contributed by atoms with Gasteiger partial charge in [-0.15, -0.1) is 0 Å². The van der Waals surface area contributed by atoms with E-state index in [1.807, 2.05) is 32.9 Å². The summed E-state index contributed by atoms with van der Waals surface area (Å²) in [5.41, 5.74) is 1.95. The average Bonchev–Trinajstić information content (AvgIpc) is 2.45. The highest BCUT2D eigenvalue weighted by molar-refractivity contribution is 6.30. The second-order valence-electron chi connectivity index (χ2n) is 5.69. The zero-order valence-electron chi connectivity index (χ0n) is 13.3. The molecule has 2 rings (SSSR count). The van der Waals surface area contributed by atoms with Gasteiger partial charge in [0.15, 0.2) is 6.79 Å². The Bertz CT molecular complexity index is 534. The van der Waals surface area contributed by atoms with E-state index < -0.39 is 0 Å². The first-order chi connectivity index (χ1) is 10.5. The molecule has 0 saturated carbocycles. The molecule has 1 aromatic rings. The number of likely N-dealkylation sites (N-methyl/N-ethyl adjacent to an activating group) is 1. The monoisotopic (exact) mass is 326 g/mol. The summed E-state index contributed by atoms with van der Waals surface area (Å²) < 4.78 is 10.9. The van der Waals surface area contributed by atoms with Gasteiger partial charge in [-0.2, -0.15) is 0 Å². The Morgan fingerprint density at radius 2 is 2.23 bits per heavy atom. The van der Waals surface area contributed by atoms with E-state index in [4.69, 9.17) is 21.1 Å². The van der Waals surface area contributed by atoms with Crippen LogP contribution in [0.25, 0.3) is 0 Å². The van der Waals surface area contributed by atoms with Gasteiger partial charge in [0.2, 0.25) is 5.91 Å². The van der Waals surface area contributed by atoms with Gasteiger partial charge in [-0.25, -0.2) is 0 Å². The summed E-state index contributed by atoms with van der Waals surface area (Å²) in [4.78, 5) is 14.0. The Hall–Kier alpha value is -1.30. The normalized spacial score (nSPS) is 13.9. The molecular weight excluding hydrogens is 304 g/mol. The molecule has 1 aromatic carbocycles. The van der Waals surface area contributed by atoms with Crippen molar-refractivity contribution >= 4 is 17.5 Å². The first-order valence-electron chi connectivity index (χ1n) is 7.53. The van der Waals surface area contributed by atoms with Crippen molar-refractivity contribution in [3.8, 4) is 5.75 Å². The summed E-state index contributed by atoms with van der Waals surface area (Å²) in [5, 5.41) is 3.57.